The van der Waals surface area contributed by atoms with Gasteiger partial charge in [0, 0.05) is 18.2 Å². The highest BCUT2D eigenvalue weighted by atomic mass is 32.2. The van der Waals surface area contributed by atoms with E-state index >= 15 is 0 Å². The lowest BCUT2D eigenvalue weighted by Gasteiger charge is -2.14. The first-order chi connectivity index (χ1) is 9.72. The van der Waals surface area contributed by atoms with Crippen LogP contribution in [0.4, 0.5) is 0 Å². The van der Waals surface area contributed by atoms with Crippen molar-refractivity contribution in [3.05, 3.63) is 29.3 Å². The van der Waals surface area contributed by atoms with Crippen molar-refractivity contribution in [3.63, 3.8) is 0 Å². The molecule has 0 bridgehead atoms. The Kier molecular flexibility index (Phi) is 5.48. The van der Waals surface area contributed by atoms with E-state index in [-0.39, 0.29) is 11.5 Å². The Balaban J connectivity index is 3.19. The van der Waals surface area contributed by atoms with Gasteiger partial charge in [0.15, 0.2) is 15.6 Å². The lowest BCUT2D eigenvalue weighted by Crippen LogP contribution is -2.36. The van der Waals surface area contributed by atoms with Gasteiger partial charge in [0.25, 0.3) is 0 Å². The lowest BCUT2D eigenvalue weighted by atomic mass is 10.1. The summed E-state index contributed by atoms with van der Waals surface area (Å²) >= 11 is 0. The van der Waals surface area contributed by atoms with Crippen LogP contribution < -0.4 is 10.1 Å². The molecule has 1 N–H and O–H groups in total. The van der Waals surface area contributed by atoms with Crippen molar-refractivity contribution in [2.24, 2.45) is 0 Å². The van der Waals surface area contributed by atoms with E-state index in [1.807, 2.05) is 0 Å². The molecule has 0 unspecified atom stereocenters. The molecule has 0 saturated carbocycles. The molecule has 116 valence electrons. The largest absolute Gasteiger partial charge is 0.496 e. The van der Waals surface area contributed by atoms with Gasteiger partial charge in [-0.3, -0.25) is 9.59 Å². The number of nitrogens with one attached hydrogen (secondary N) is 1. The number of ether oxygens (including phenoxy) is 1. The molecule has 6 nitrogen and oxygen atoms in total. The van der Waals surface area contributed by atoms with Crippen LogP contribution in [0.1, 0.15) is 29.8 Å². The van der Waals surface area contributed by atoms with Crippen LogP contribution in [0.25, 0.3) is 0 Å². The maximum absolute atomic E-state index is 12.2. The molecule has 1 aromatic carbocycles. The smallest absolute Gasteiger partial charge is 0.237 e. The first-order valence-corrected chi connectivity index (χ1v) is 8.05. The average molecular weight is 313 g/mol. The fourth-order valence-corrected chi connectivity index (χ4v) is 3.17. The number of Topliss-reactive ketones (excluding diaryl/α,β-unsaturated/α-hetero) is 1. The molecule has 1 amide bonds. The molecule has 1 rings (SSSR count). The minimum atomic E-state index is -3.70. The minimum absolute atomic E-state index is 0.171. The van der Waals surface area contributed by atoms with Crippen molar-refractivity contribution < 1.29 is 22.7 Å². The van der Waals surface area contributed by atoms with Gasteiger partial charge in [0.05, 0.1) is 12.9 Å². The quantitative estimate of drug-likeness (QED) is 0.790. The maximum Gasteiger partial charge on any atom is 0.237 e. The van der Waals surface area contributed by atoms with E-state index in [9.17, 15) is 18.0 Å². The number of methoxy groups -OCH3 is 1. The highest BCUT2D eigenvalue weighted by Gasteiger charge is 2.28. The Hall–Kier alpha value is -1.89. The van der Waals surface area contributed by atoms with Gasteiger partial charge in [0.2, 0.25) is 5.91 Å². The SMILES string of the molecule is CNC(=O)[C@@H](C)S(=O)(=O)Cc1cc(C(C)=O)ccc1OC. The average Bonchev–Trinajstić information content (AvgIpc) is 2.44. The standard InChI is InChI=1S/C14H19NO5S/c1-9(16)11-5-6-13(20-4)12(7-11)8-21(18,19)10(2)14(17)15-3/h5-7,10H,8H2,1-4H3,(H,15,17)/t10-/m1/s1. The van der Waals surface area contributed by atoms with Crippen LogP contribution in [0.2, 0.25) is 0 Å². The zero-order valence-corrected chi connectivity index (χ0v) is 13.3. The number of sulfone groups is 1. The van der Waals surface area contributed by atoms with Gasteiger partial charge in [-0.15, -0.1) is 0 Å². The van der Waals surface area contributed by atoms with Gasteiger partial charge >= 0.3 is 0 Å². The molecule has 7 heteroatoms. The molecule has 1 atom stereocenters. The number of amides is 1. The van der Waals surface area contributed by atoms with E-state index in [0.717, 1.165) is 0 Å². The molecule has 1 aromatic rings. The number of hydrogen-bond acceptors (Lipinski definition) is 5. The second-order valence-corrected chi connectivity index (χ2v) is 6.97. The number of carbonyl (C=O) groups excluding carboxylic acids is 2. The van der Waals surface area contributed by atoms with Gasteiger partial charge in [-0.2, -0.15) is 0 Å². The zero-order valence-electron chi connectivity index (χ0n) is 12.5. The Morgan fingerprint density at radius 1 is 1.33 bits per heavy atom. The third-order valence-electron chi connectivity index (χ3n) is 3.20. The fraction of sp³-hybridized carbons (Fsp3) is 0.429. The Morgan fingerprint density at radius 3 is 2.43 bits per heavy atom. The predicted octanol–water partition coefficient (Wildman–Crippen LogP) is 0.947. The van der Waals surface area contributed by atoms with Crippen molar-refractivity contribution in [2.75, 3.05) is 14.2 Å². The second kappa shape index (κ2) is 6.71. The van der Waals surface area contributed by atoms with Crippen molar-refractivity contribution in [1.29, 1.82) is 0 Å². The molecule has 0 radical (unpaired) electrons. The number of hydrogen-bond donors (Lipinski definition) is 1. The van der Waals surface area contributed by atoms with Gasteiger partial charge in [-0.25, -0.2) is 8.42 Å². The van der Waals surface area contributed by atoms with E-state index in [1.54, 1.807) is 12.1 Å². The van der Waals surface area contributed by atoms with E-state index in [0.29, 0.717) is 16.9 Å². The summed E-state index contributed by atoms with van der Waals surface area (Å²) in [6.07, 6.45) is 0. The summed E-state index contributed by atoms with van der Waals surface area (Å²) in [6, 6.07) is 4.60. The normalized spacial score (nSPS) is 12.6. The number of carbonyl (C=O) groups is 2. The first-order valence-electron chi connectivity index (χ1n) is 6.34. The van der Waals surface area contributed by atoms with Gasteiger partial charge < -0.3 is 10.1 Å². The molecule has 0 aliphatic heterocycles. The summed E-state index contributed by atoms with van der Waals surface area (Å²) in [5.41, 5.74) is 0.759. The predicted molar refractivity (Wildman–Crippen MR) is 79.2 cm³/mol. The number of rotatable bonds is 6. The monoisotopic (exact) mass is 313 g/mol. The fourth-order valence-electron chi connectivity index (χ4n) is 1.82. The summed E-state index contributed by atoms with van der Waals surface area (Å²) in [4.78, 5) is 22.9. The molecule has 21 heavy (non-hydrogen) atoms. The maximum atomic E-state index is 12.2. The second-order valence-electron chi connectivity index (χ2n) is 4.65. The molecule has 0 saturated heterocycles. The summed E-state index contributed by atoms with van der Waals surface area (Å²) in [5.74, 6) is -0.744. The lowest BCUT2D eigenvalue weighted by molar-refractivity contribution is -0.119. The van der Waals surface area contributed by atoms with Crippen molar-refractivity contribution in [1.82, 2.24) is 5.32 Å². The Morgan fingerprint density at radius 2 is 1.95 bits per heavy atom. The zero-order chi connectivity index (χ0) is 16.2. The van der Waals surface area contributed by atoms with Crippen LogP contribution in [0.3, 0.4) is 0 Å². The van der Waals surface area contributed by atoms with Gasteiger partial charge in [-0.1, -0.05) is 0 Å². The first kappa shape index (κ1) is 17.2. The molecule has 0 aliphatic rings. The Bertz CT molecular complexity index is 651. The minimum Gasteiger partial charge on any atom is -0.496 e. The topological polar surface area (TPSA) is 89.5 Å². The van der Waals surface area contributed by atoms with E-state index in [2.05, 4.69) is 5.32 Å². The molecule has 0 aliphatic carbocycles. The van der Waals surface area contributed by atoms with Crippen LogP contribution in [0.15, 0.2) is 18.2 Å². The van der Waals surface area contributed by atoms with E-state index < -0.39 is 21.0 Å². The summed E-state index contributed by atoms with van der Waals surface area (Å²) in [6.45, 7) is 2.72. The van der Waals surface area contributed by atoms with Crippen LogP contribution in [0, 0.1) is 0 Å². The van der Waals surface area contributed by atoms with Crippen LogP contribution in [-0.2, 0) is 20.4 Å². The summed E-state index contributed by atoms with van der Waals surface area (Å²) < 4.78 is 29.6. The Labute approximate surface area is 124 Å². The summed E-state index contributed by atoms with van der Waals surface area (Å²) in [7, 11) is -0.905. The van der Waals surface area contributed by atoms with Crippen LogP contribution in [-0.4, -0.2) is 39.5 Å². The van der Waals surface area contributed by atoms with Crippen molar-refractivity contribution in [2.45, 2.75) is 24.9 Å². The number of ketones is 1. The molecule has 0 aromatic heterocycles. The van der Waals surface area contributed by atoms with E-state index in [1.165, 1.54) is 34.1 Å². The molecular formula is C14H19NO5S. The summed E-state index contributed by atoms with van der Waals surface area (Å²) in [5, 5.41) is 1.14. The highest BCUT2D eigenvalue weighted by molar-refractivity contribution is 7.92. The molecule has 0 fully saturated rings. The third kappa shape index (κ3) is 4.04. The van der Waals surface area contributed by atoms with Crippen molar-refractivity contribution >= 4 is 21.5 Å². The molecule has 0 heterocycles. The van der Waals surface area contributed by atoms with E-state index in [4.69, 9.17) is 4.74 Å². The van der Waals surface area contributed by atoms with Crippen molar-refractivity contribution in [3.8, 4) is 5.75 Å². The van der Waals surface area contributed by atoms with Crippen LogP contribution >= 0.6 is 0 Å². The molecular weight excluding hydrogens is 294 g/mol. The number of benzene rings is 1. The third-order valence-corrected chi connectivity index (χ3v) is 5.20. The molecule has 0 spiro atoms. The van der Waals surface area contributed by atoms with Gasteiger partial charge in [-0.05, 0) is 32.0 Å². The van der Waals surface area contributed by atoms with Gasteiger partial charge in [0.1, 0.15) is 11.0 Å². The highest BCUT2D eigenvalue weighted by Crippen LogP contribution is 2.24. The van der Waals surface area contributed by atoms with Crippen LogP contribution in [0.5, 0.6) is 5.75 Å².